The quantitative estimate of drug-likeness (QED) is 0.857. The van der Waals surface area contributed by atoms with Gasteiger partial charge in [-0.15, -0.1) is 0 Å². The lowest BCUT2D eigenvalue weighted by atomic mass is 10.2. The maximum absolute atomic E-state index is 8.86. The van der Waals surface area contributed by atoms with Gasteiger partial charge in [0.1, 0.15) is 19.0 Å². The largest absolute Gasteiger partial charge is 0.486 e. The highest BCUT2D eigenvalue weighted by Gasteiger charge is 2.18. The molecule has 0 fully saturated rings. The molecule has 0 radical (unpaired) electrons. The Morgan fingerprint density at radius 1 is 1.29 bits per heavy atom. The Hall–Kier alpha value is -2.26. The number of hydrogen-bond acceptors (Lipinski definition) is 5. The monoisotopic (exact) mass is 286 g/mol. The van der Waals surface area contributed by atoms with Crippen LogP contribution in [0.5, 0.6) is 11.5 Å². The van der Waals surface area contributed by atoms with E-state index < -0.39 is 0 Å². The molecule has 2 aromatic rings. The van der Waals surface area contributed by atoms with Gasteiger partial charge in [0.25, 0.3) is 0 Å². The van der Waals surface area contributed by atoms with Crippen LogP contribution in [0.1, 0.15) is 12.2 Å². The van der Waals surface area contributed by atoms with Gasteiger partial charge in [0.15, 0.2) is 11.5 Å². The molecule has 0 saturated carbocycles. The zero-order valence-corrected chi connectivity index (χ0v) is 12.3. The average Bonchev–Trinajstić information content (AvgIpc) is 2.78. The van der Waals surface area contributed by atoms with Gasteiger partial charge in [-0.25, -0.2) is 4.98 Å². The van der Waals surface area contributed by atoms with Crippen molar-refractivity contribution in [2.45, 2.75) is 19.5 Å². The number of imidazole rings is 1. The number of nitrogens with zero attached hydrogens (tertiary/aromatic N) is 4. The van der Waals surface area contributed by atoms with E-state index in [0.717, 1.165) is 34.9 Å². The molecule has 0 amide bonds. The minimum Gasteiger partial charge on any atom is -0.486 e. The minimum absolute atomic E-state index is 0.459. The molecule has 3 rings (SSSR count). The number of hydrogen-bond donors (Lipinski definition) is 0. The van der Waals surface area contributed by atoms with E-state index in [1.807, 2.05) is 26.2 Å². The van der Waals surface area contributed by atoms with E-state index in [-0.39, 0.29) is 0 Å². The molecule has 0 N–H and O–H groups in total. The minimum atomic E-state index is 0.459. The molecule has 110 valence electrons. The fraction of sp³-hybridized carbons (Fsp3) is 0.467. The van der Waals surface area contributed by atoms with E-state index in [0.29, 0.717) is 26.2 Å². The fourth-order valence-electron chi connectivity index (χ4n) is 2.53. The van der Waals surface area contributed by atoms with E-state index in [9.17, 15) is 0 Å². The molecule has 0 bridgehead atoms. The maximum Gasteiger partial charge on any atom is 0.163 e. The molecular weight excluding hydrogens is 268 g/mol. The fourth-order valence-corrected chi connectivity index (χ4v) is 2.53. The molecule has 0 spiro atoms. The Morgan fingerprint density at radius 2 is 2.00 bits per heavy atom. The summed E-state index contributed by atoms with van der Waals surface area (Å²) in [5, 5.41) is 8.86. The van der Waals surface area contributed by atoms with Gasteiger partial charge in [0, 0.05) is 18.7 Å². The van der Waals surface area contributed by atoms with Gasteiger partial charge in [-0.2, -0.15) is 5.26 Å². The van der Waals surface area contributed by atoms with Gasteiger partial charge in [-0.3, -0.25) is 0 Å². The normalized spacial score (nSPS) is 13.6. The van der Waals surface area contributed by atoms with Crippen LogP contribution in [0, 0.1) is 11.3 Å². The summed E-state index contributed by atoms with van der Waals surface area (Å²) in [6.07, 6.45) is 0.459. The van der Waals surface area contributed by atoms with Crippen LogP contribution >= 0.6 is 0 Å². The van der Waals surface area contributed by atoms with Crippen LogP contribution in [0.25, 0.3) is 11.0 Å². The summed E-state index contributed by atoms with van der Waals surface area (Å²) in [6, 6.07) is 6.08. The van der Waals surface area contributed by atoms with Gasteiger partial charge in [0.05, 0.1) is 30.1 Å². The first-order valence-corrected chi connectivity index (χ1v) is 6.99. The van der Waals surface area contributed by atoms with Crippen LogP contribution in [0.15, 0.2) is 12.1 Å². The molecular formula is C15H18N4O2. The molecule has 21 heavy (non-hydrogen) atoms. The Kier molecular flexibility index (Phi) is 3.67. The van der Waals surface area contributed by atoms with Crippen LogP contribution in [0.4, 0.5) is 0 Å². The molecule has 1 aliphatic rings. The Labute approximate surface area is 123 Å². The van der Waals surface area contributed by atoms with E-state index in [1.165, 1.54) is 0 Å². The second-order valence-corrected chi connectivity index (χ2v) is 5.31. The molecule has 1 aliphatic heterocycles. The van der Waals surface area contributed by atoms with Crippen LogP contribution in [-0.4, -0.2) is 41.8 Å². The lowest BCUT2D eigenvalue weighted by Crippen LogP contribution is -2.16. The van der Waals surface area contributed by atoms with Gasteiger partial charge in [-0.05, 0) is 14.1 Å². The van der Waals surface area contributed by atoms with Crippen LogP contribution in [0.3, 0.4) is 0 Å². The highest BCUT2D eigenvalue weighted by molar-refractivity contribution is 5.80. The van der Waals surface area contributed by atoms with Gasteiger partial charge < -0.3 is 18.9 Å². The zero-order chi connectivity index (χ0) is 14.8. The van der Waals surface area contributed by atoms with Crippen molar-refractivity contribution in [3.8, 4) is 17.6 Å². The summed E-state index contributed by atoms with van der Waals surface area (Å²) in [6.45, 7) is 2.50. The van der Waals surface area contributed by atoms with E-state index >= 15 is 0 Å². The molecule has 2 heterocycles. The molecule has 0 aliphatic carbocycles. The zero-order valence-electron chi connectivity index (χ0n) is 12.3. The first-order valence-electron chi connectivity index (χ1n) is 6.99. The summed E-state index contributed by atoms with van der Waals surface area (Å²) in [5.41, 5.74) is 1.88. The average molecular weight is 286 g/mol. The third-order valence-corrected chi connectivity index (χ3v) is 3.40. The number of rotatable bonds is 4. The number of aromatic nitrogens is 2. The van der Waals surface area contributed by atoms with Gasteiger partial charge in [0.2, 0.25) is 0 Å². The van der Waals surface area contributed by atoms with Gasteiger partial charge in [-0.1, -0.05) is 0 Å². The van der Waals surface area contributed by atoms with Crippen LogP contribution < -0.4 is 9.47 Å². The van der Waals surface area contributed by atoms with E-state index in [2.05, 4.69) is 15.5 Å². The van der Waals surface area contributed by atoms with Crippen molar-refractivity contribution in [1.29, 1.82) is 5.26 Å². The van der Waals surface area contributed by atoms with Crippen molar-refractivity contribution < 1.29 is 9.47 Å². The second-order valence-electron chi connectivity index (χ2n) is 5.31. The Bertz CT molecular complexity index is 700. The van der Waals surface area contributed by atoms with E-state index in [1.54, 1.807) is 0 Å². The highest BCUT2D eigenvalue weighted by atomic mass is 16.6. The summed E-state index contributed by atoms with van der Waals surface area (Å²) in [7, 11) is 4.01. The van der Waals surface area contributed by atoms with Crippen molar-refractivity contribution in [3.05, 3.63) is 18.0 Å². The van der Waals surface area contributed by atoms with E-state index in [4.69, 9.17) is 19.7 Å². The molecule has 0 unspecified atom stereocenters. The molecule has 1 aromatic carbocycles. The molecule has 6 nitrogen and oxygen atoms in total. The number of fused-ring (bicyclic) bond motifs is 2. The molecule has 0 atom stereocenters. The van der Waals surface area contributed by atoms with Crippen LogP contribution in [-0.2, 0) is 13.1 Å². The predicted octanol–water partition coefficient (Wildman–Crippen LogP) is 1.78. The van der Waals surface area contributed by atoms with Crippen molar-refractivity contribution in [2.75, 3.05) is 27.3 Å². The number of ether oxygens (including phenoxy) is 2. The lowest BCUT2D eigenvalue weighted by molar-refractivity contribution is 0.172. The van der Waals surface area contributed by atoms with Gasteiger partial charge >= 0.3 is 0 Å². The Morgan fingerprint density at radius 3 is 2.67 bits per heavy atom. The third kappa shape index (κ3) is 2.65. The molecule has 6 heteroatoms. The molecule has 1 aromatic heterocycles. The summed E-state index contributed by atoms with van der Waals surface area (Å²) >= 11 is 0. The standard InChI is InChI=1S/C15H18N4O2/c1-18(2)10-15-17-11-8-13-14(21-7-6-20-13)9-12(11)19(15)5-3-4-16/h8-9H,3,5-7,10H2,1-2H3. The number of aryl methyl sites for hydroxylation is 1. The topological polar surface area (TPSA) is 63.3 Å². The SMILES string of the molecule is CN(C)Cc1nc2cc3c(cc2n1CCC#N)OCCO3. The first-order chi connectivity index (χ1) is 10.2. The molecule has 0 saturated heterocycles. The smallest absolute Gasteiger partial charge is 0.163 e. The summed E-state index contributed by atoms with van der Waals surface area (Å²) < 4.78 is 13.3. The number of nitriles is 1. The van der Waals surface area contributed by atoms with Crippen molar-refractivity contribution in [2.24, 2.45) is 0 Å². The highest BCUT2D eigenvalue weighted by Crippen LogP contribution is 2.34. The van der Waals surface area contributed by atoms with Crippen molar-refractivity contribution >= 4 is 11.0 Å². The first kappa shape index (κ1) is 13.7. The summed E-state index contributed by atoms with van der Waals surface area (Å²) in [5.74, 6) is 2.45. The van der Waals surface area contributed by atoms with Crippen molar-refractivity contribution in [1.82, 2.24) is 14.5 Å². The Balaban J connectivity index is 2.10. The van der Waals surface area contributed by atoms with Crippen LogP contribution in [0.2, 0.25) is 0 Å². The summed E-state index contributed by atoms with van der Waals surface area (Å²) in [4.78, 5) is 6.76. The third-order valence-electron chi connectivity index (χ3n) is 3.40. The second kappa shape index (κ2) is 5.62. The lowest BCUT2D eigenvalue weighted by Gasteiger charge is -2.18. The number of benzene rings is 1. The van der Waals surface area contributed by atoms with Crippen molar-refractivity contribution in [3.63, 3.8) is 0 Å². The predicted molar refractivity (Wildman–Crippen MR) is 78.3 cm³/mol. The maximum atomic E-state index is 8.86.